The van der Waals surface area contributed by atoms with Crippen molar-refractivity contribution in [2.24, 2.45) is 0 Å². The zero-order valence-corrected chi connectivity index (χ0v) is 15.9. The van der Waals surface area contributed by atoms with Gasteiger partial charge in [-0.1, -0.05) is 6.07 Å². The van der Waals surface area contributed by atoms with Gasteiger partial charge in [-0.2, -0.15) is 0 Å². The van der Waals surface area contributed by atoms with Gasteiger partial charge in [0.2, 0.25) is 5.91 Å². The van der Waals surface area contributed by atoms with Crippen LogP contribution in [0.5, 0.6) is 5.75 Å². The predicted octanol–water partition coefficient (Wildman–Crippen LogP) is 2.00. The summed E-state index contributed by atoms with van der Waals surface area (Å²) in [6.07, 6.45) is 4.94. The van der Waals surface area contributed by atoms with Crippen LogP contribution in [0.4, 0.5) is 10.5 Å². The topological polar surface area (TPSA) is 65.1 Å². The third kappa shape index (κ3) is 4.03. The molecule has 3 aliphatic rings. The first kappa shape index (κ1) is 18.1. The van der Waals surface area contributed by atoms with Gasteiger partial charge in [0.25, 0.3) is 0 Å². The van der Waals surface area contributed by atoms with Gasteiger partial charge in [-0.15, -0.1) is 0 Å². The summed E-state index contributed by atoms with van der Waals surface area (Å²) in [4.78, 5) is 30.8. The number of urea groups is 1. The third-order valence-corrected chi connectivity index (χ3v) is 5.85. The molecular formula is C20H28N4O3. The molecule has 3 fully saturated rings. The number of hydrogen-bond acceptors (Lipinski definition) is 4. The Hall–Kier alpha value is -2.28. The van der Waals surface area contributed by atoms with Crippen LogP contribution in [0.2, 0.25) is 0 Å². The minimum atomic E-state index is -0.222. The SMILES string of the molecule is CN1CCN2CCN(C(=O)Nc3cccc(OC4CCCC4)c3)CC2C1=O. The number of nitrogens with one attached hydrogen (secondary N) is 1. The largest absolute Gasteiger partial charge is 0.490 e. The molecule has 7 nitrogen and oxygen atoms in total. The standard InChI is InChI=1S/C20H28N4O3/c1-22-9-10-23-11-12-24(14-18(23)19(22)25)20(26)21-15-5-4-8-17(13-15)27-16-6-2-3-7-16/h4-5,8,13,16,18H,2-3,6-7,9-12,14H2,1H3,(H,21,26). The van der Waals surface area contributed by atoms with Crippen molar-refractivity contribution in [3.8, 4) is 5.75 Å². The number of amides is 3. The minimum Gasteiger partial charge on any atom is -0.490 e. The molecule has 1 aromatic rings. The van der Waals surface area contributed by atoms with Crippen LogP contribution in [0.3, 0.4) is 0 Å². The molecule has 1 aliphatic carbocycles. The molecule has 146 valence electrons. The second-order valence-corrected chi connectivity index (χ2v) is 7.74. The van der Waals surface area contributed by atoms with E-state index in [2.05, 4.69) is 10.2 Å². The molecule has 7 heteroatoms. The summed E-state index contributed by atoms with van der Waals surface area (Å²) in [6.45, 7) is 3.45. The van der Waals surface area contributed by atoms with Gasteiger partial charge in [0.05, 0.1) is 6.10 Å². The normalized spacial score (nSPS) is 24.0. The van der Waals surface area contributed by atoms with Crippen LogP contribution in [-0.2, 0) is 4.79 Å². The number of benzene rings is 1. The van der Waals surface area contributed by atoms with Crippen molar-refractivity contribution >= 4 is 17.6 Å². The number of carbonyl (C=O) groups excluding carboxylic acids is 2. The summed E-state index contributed by atoms with van der Waals surface area (Å²) >= 11 is 0. The van der Waals surface area contributed by atoms with Crippen LogP contribution in [0, 0.1) is 0 Å². The smallest absolute Gasteiger partial charge is 0.321 e. The van der Waals surface area contributed by atoms with E-state index in [0.29, 0.717) is 19.2 Å². The highest BCUT2D eigenvalue weighted by Crippen LogP contribution is 2.26. The fourth-order valence-electron chi connectivity index (χ4n) is 4.20. The number of fused-ring (bicyclic) bond motifs is 1. The fraction of sp³-hybridized carbons (Fsp3) is 0.600. The molecule has 0 aromatic heterocycles. The predicted molar refractivity (Wildman–Crippen MR) is 103 cm³/mol. The Kier molecular flexibility index (Phi) is 5.20. The average molecular weight is 372 g/mol. The van der Waals surface area contributed by atoms with E-state index in [1.54, 1.807) is 9.80 Å². The van der Waals surface area contributed by atoms with Gasteiger partial charge in [0.15, 0.2) is 0 Å². The first-order chi connectivity index (χ1) is 13.1. The highest BCUT2D eigenvalue weighted by Gasteiger charge is 2.38. The maximum absolute atomic E-state index is 12.7. The lowest BCUT2D eigenvalue weighted by molar-refractivity contribution is -0.142. The van der Waals surface area contributed by atoms with Crippen LogP contribution in [0.1, 0.15) is 25.7 Å². The van der Waals surface area contributed by atoms with Crippen molar-refractivity contribution in [3.63, 3.8) is 0 Å². The highest BCUT2D eigenvalue weighted by molar-refractivity contribution is 5.91. The van der Waals surface area contributed by atoms with Crippen LogP contribution >= 0.6 is 0 Å². The van der Waals surface area contributed by atoms with E-state index in [1.165, 1.54) is 12.8 Å². The third-order valence-electron chi connectivity index (χ3n) is 5.85. The van der Waals surface area contributed by atoms with Crippen LogP contribution < -0.4 is 10.1 Å². The second-order valence-electron chi connectivity index (χ2n) is 7.74. The molecule has 0 bridgehead atoms. The van der Waals surface area contributed by atoms with Gasteiger partial charge in [0, 0.05) is 51.5 Å². The zero-order valence-electron chi connectivity index (χ0n) is 15.9. The Balaban J connectivity index is 1.37. The average Bonchev–Trinajstić information content (AvgIpc) is 3.18. The van der Waals surface area contributed by atoms with Crippen molar-refractivity contribution in [2.75, 3.05) is 45.1 Å². The summed E-state index contributed by atoms with van der Waals surface area (Å²) in [5.41, 5.74) is 0.727. The van der Waals surface area contributed by atoms with Gasteiger partial charge in [0.1, 0.15) is 11.8 Å². The van der Waals surface area contributed by atoms with Crippen molar-refractivity contribution in [1.82, 2.24) is 14.7 Å². The number of rotatable bonds is 3. The van der Waals surface area contributed by atoms with Crippen LogP contribution in [0.15, 0.2) is 24.3 Å². The fourth-order valence-corrected chi connectivity index (χ4v) is 4.20. The number of ether oxygens (including phenoxy) is 1. The second kappa shape index (κ2) is 7.76. The summed E-state index contributed by atoms with van der Waals surface area (Å²) in [5.74, 6) is 0.902. The van der Waals surface area contributed by atoms with E-state index < -0.39 is 0 Å². The van der Waals surface area contributed by atoms with Crippen molar-refractivity contribution < 1.29 is 14.3 Å². The number of anilines is 1. The number of nitrogens with zero attached hydrogens (tertiary/aromatic N) is 3. The molecule has 1 N–H and O–H groups in total. The lowest BCUT2D eigenvalue weighted by atomic mass is 10.1. The molecule has 3 amide bonds. The highest BCUT2D eigenvalue weighted by atomic mass is 16.5. The molecule has 27 heavy (non-hydrogen) atoms. The quantitative estimate of drug-likeness (QED) is 0.881. The van der Waals surface area contributed by atoms with E-state index in [4.69, 9.17) is 4.74 Å². The van der Waals surface area contributed by atoms with Gasteiger partial charge in [-0.05, 0) is 37.8 Å². The molecule has 1 saturated carbocycles. The van der Waals surface area contributed by atoms with Gasteiger partial charge < -0.3 is 19.9 Å². The summed E-state index contributed by atoms with van der Waals surface area (Å²) in [5, 5.41) is 2.96. The summed E-state index contributed by atoms with van der Waals surface area (Å²) in [6, 6.07) is 7.20. The van der Waals surface area contributed by atoms with E-state index in [1.807, 2.05) is 31.3 Å². The monoisotopic (exact) mass is 372 g/mol. The summed E-state index contributed by atoms with van der Waals surface area (Å²) < 4.78 is 6.02. The van der Waals surface area contributed by atoms with Crippen LogP contribution in [-0.4, -0.2) is 78.6 Å². The first-order valence-electron chi connectivity index (χ1n) is 9.92. The first-order valence-corrected chi connectivity index (χ1v) is 9.92. The zero-order chi connectivity index (χ0) is 18.8. The van der Waals surface area contributed by atoms with E-state index in [9.17, 15) is 9.59 Å². The Bertz CT molecular complexity index is 704. The minimum absolute atomic E-state index is 0.103. The molecule has 1 atom stereocenters. The number of hydrogen-bond donors (Lipinski definition) is 1. The van der Waals surface area contributed by atoms with E-state index in [0.717, 1.165) is 43.9 Å². The molecule has 0 spiro atoms. The van der Waals surface area contributed by atoms with Gasteiger partial charge in [-0.25, -0.2) is 4.79 Å². The van der Waals surface area contributed by atoms with Gasteiger partial charge >= 0.3 is 6.03 Å². The lowest BCUT2D eigenvalue weighted by Gasteiger charge is -2.45. The molecule has 4 rings (SSSR count). The van der Waals surface area contributed by atoms with Crippen molar-refractivity contribution in [3.05, 3.63) is 24.3 Å². The molecule has 2 saturated heterocycles. The number of carbonyl (C=O) groups is 2. The van der Waals surface area contributed by atoms with E-state index in [-0.39, 0.29) is 18.0 Å². The van der Waals surface area contributed by atoms with Crippen LogP contribution in [0.25, 0.3) is 0 Å². The maximum atomic E-state index is 12.7. The lowest BCUT2D eigenvalue weighted by Crippen LogP contribution is -2.65. The Morgan fingerprint density at radius 2 is 1.93 bits per heavy atom. The molecule has 1 aromatic carbocycles. The Labute approximate surface area is 160 Å². The molecule has 2 heterocycles. The molecule has 2 aliphatic heterocycles. The molecule has 0 radical (unpaired) electrons. The Morgan fingerprint density at radius 3 is 2.74 bits per heavy atom. The molecule has 1 unspecified atom stereocenters. The van der Waals surface area contributed by atoms with Crippen molar-refractivity contribution in [2.45, 2.75) is 37.8 Å². The summed E-state index contributed by atoms with van der Waals surface area (Å²) in [7, 11) is 1.83. The molecular weight excluding hydrogens is 344 g/mol. The van der Waals surface area contributed by atoms with Crippen molar-refractivity contribution in [1.29, 1.82) is 0 Å². The number of likely N-dealkylation sites (N-methyl/N-ethyl adjacent to an activating group) is 1. The number of piperazine rings is 2. The maximum Gasteiger partial charge on any atom is 0.321 e. The Morgan fingerprint density at radius 1 is 1.15 bits per heavy atom. The van der Waals surface area contributed by atoms with E-state index >= 15 is 0 Å². The van der Waals surface area contributed by atoms with Gasteiger partial charge in [-0.3, -0.25) is 9.69 Å².